The quantitative estimate of drug-likeness (QED) is 0.921. The summed E-state index contributed by atoms with van der Waals surface area (Å²) in [6, 6.07) is 4.41. The van der Waals surface area contributed by atoms with Gasteiger partial charge in [-0.1, -0.05) is 6.08 Å². The van der Waals surface area contributed by atoms with Gasteiger partial charge < -0.3 is 15.1 Å². The maximum atomic E-state index is 5.03. The van der Waals surface area contributed by atoms with Crippen LogP contribution >= 0.6 is 0 Å². The molecular weight excluding hydrogens is 314 g/mol. The number of hydrogen-bond acceptors (Lipinski definition) is 6. The average molecular weight is 339 g/mol. The molecule has 6 nitrogen and oxygen atoms in total. The molecule has 1 aromatic heterocycles. The Bertz CT molecular complexity index is 786. The first-order chi connectivity index (χ1) is 12.4. The molecule has 0 unspecified atom stereocenters. The first-order valence-corrected chi connectivity index (χ1v) is 9.50. The normalized spacial score (nSPS) is 22.4. The molecule has 4 heterocycles. The molecule has 0 bridgehead atoms. The van der Waals surface area contributed by atoms with Crippen molar-refractivity contribution in [3.8, 4) is 0 Å². The van der Waals surface area contributed by atoms with Crippen molar-refractivity contribution in [2.24, 2.45) is 5.92 Å². The fourth-order valence-electron chi connectivity index (χ4n) is 4.40. The minimum absolute atomic E-state index is 0.773. The number of nitrogens with one attached hydrogen (secondary N) is 1. The number of nitrogens with zero attached hydrogens (tertiary/aromatic N) is 4. The topological polar surface area (TPSA) is 57.4 Å². The molecule has 0 radical (unpaired) electrons. The molecule has 0 atom stereocenters. The molecule has 2 saturated heterocycles. The highest BCUT2D eigenvalue weighted by molar-refractivity contribution is 5.92. The van der Waals surface area contributed by atoms with Gasteiger partial charge in [0, 0.05) is 32.1 Å². The Kier molecular flexibility index (Phi) is 3.94. The van der Waals surface area contributed by atoms with Gasteiger partial charge in [-0.05, 0) is 72.5 Å². The van der Waals surface area contributed by atoms with Crippen molar-refractivity contribution in [1.82, 2.24) is 20.5 Å². The second kappa shape index (κ2) is 6.42. The van der Waals surface area contributed by atoms with Crippen molar-refractivity contribution in [2.75, 3.05) is 50.7 Å². The molecule has 132 valence electrons. The molecule has 5 rings (SSSR count). The fraction of sp³-hybridized carbons (Fsp3) is 0.579. The molecule has 25 heavy (non-hydrogen) atoms. The Labute approximate surface area is 147 Å². The third-order valence-corrected chi connectivity index (χ3v) is 5.79. The summed E-state index contributed by atoms with van der Waals surface area (Å²) in [6.07, 6.45) is 6.09. The lowest BCUT2D eigenvalue weighted by atomic mass is 9.95. The molecule has 3 aliphatic heterocycles. The molecule has 0 aliphatic carbocycles. The zero-order chi connectivity index (χ0) is 16.6. The minimum atomic E-state index is 0.773. The Morgan fingerprint density at radius 3 is 2.84 bits per heavy atom. The third-order valence-electron chi connectivity index (χ3n) is 5.79. The molecule has 0 saturated carbocycles. The van der Waals surface area contributed by atoms with Crippen LogP contribution in [0.2, 0.25) is 0 Å². The van der Waals surface area contributed by atoms with Gasteiger partial charge in [0.05, 0.1) is 5.69 Å². The predicted octanol–water partition coefficient (Wildman–Crippen LogP) is 2.13. The number of fused-ring (bicyclic) bond motifs is 1. The van der Waals surface area contributed by atoms with Gasteiger partial charge >= 0.3 is 0 Å². The standard InChI is InChI=1S/C19H25N5O/c1-2-8-23(7-1)11-14-12-24(13-14)18-10-16(15-3-5-20-6-4-15)9-17-19(18)22-25-21-17/h3,9-10,14,20H,1-2,4-8,11-13H2. The second-order valence-corrected chi connectivity index (χ2v) is 7.59. The van der Waals surface area contributed by atoms with Gasteiger partial charge in [-0.2, -0.15) is 0 Å². The van der Waals surface area contributed by atoms with E-state index in [1.807, 2.05) is 0 Å². The highest BCUT2D eigenvalue weighted by Crippen LogP contribution is 2.35. The van der Waals surface area contributed by atoms with Crippen LogP contribution in [0.5, 0.6) is 0 Å². The lowest BCUT2D eigenvalue weighted by Crippen LogP contribution is -2.51. The molecule has 0 amide bonds. The van der Waals surface area contributed by atoms with Crippen LogP contribution in [0.15, 0.2) is 22.8 Å². The number of benzene rings is 1. The lowest BCUT2D eigenvalue weighted by Gasteiger charge is -2.42. The van der Waals surface area contributed by atoms with Crippen LogP contribution in [-0.2, 0) is 0 Å². The van der Waals surface area contributed by atoms with Gasteiger partial charge in [0.1, 0.15) is 5.52 Å². The van der Waals surface area contributed by atoms with E-state index in [0.717, 1.165) is 49.6 Å². The summed E-state index contributed by atoms with van der Waals surface area (Å²) < 4.78 is 5.03. The first kappa shape index (κ1) is 15.3. The minimum Gasteiger partial charge on any atom is -0.369 e. The van der Waals surface area contributed by atoms with Gasteiger partial charge in [0.25, 0.3) is 0 Å². The van der Waals surface area contributed by atoms with Crippen molar-refractivity contribution in [3.05, 3.63) is 23.8 Å². The maximum Gasteiger partial charge on any atom is 0.158 e. The zero-order valence-electron chi connectivity index (χ0n) is 14.6. The lowest BCUT2D eigenvalue weighted by molar-refractivity contribution is 0.247. The SMILES string of the molecule is C1=C(c2cc(N3CC(CN4CCCC4)C3)c3nonc3c2)CCNC1. The summed E-state index contributed by atoms with van der Waals surface area (Å²) in [5, 5.41) is 11.7. The smallest absolute Gasteiger partial charge is 0.158 e. The van der Waals surface area contributed by atoms with Gasteiger partial charge in [-0.25, -0.2) is 4.63 Å². The Hall–Kier alpha value is -1.92. The summed E-state index contributed by atoms with van der Waals surface area (Å²) in [4.78, 5) is 5.06. The van der Waals surface area contributed by atoms with E-state index in [1.54, 1.807) is 0 Å². The van der Waals surface area contributed by atoms with Crippen LogP contribution in [0.4, 0.5) is 5.69 Å². The van der Waals surface area contributed by atoms with Crippen molar-refractivity contribution >= 4 is 22.3 Å². The monoisotopic (exact) mass is 339 g/mol. The molecule has 1 N–H and O–H groups in total. The van der Waals surface area contributed by atoms with Crippen LogP contribution < -0.4 is 10.2 Å². The average Bonchev–Trinajstić information content (AvgIpc) is 3.29. The number of rotatable bonds is 4. The van der Waals surface area contributed by atoms with Gasteiger partial charge in [-0.3, -0.25) is 0 Å². The van der Waals surface area contributed by atoms with E-state index in [2.05, 4.69) is 43.6 Å². The largest absolute Gasteiger partial charge is 0.369 e. The second-order valence-electron chi connectivity index (χ2n) is 7.59. The molecular formula is C19H25N5O. The highest BCUT2D eigenvalue weighted by Gasteiger charge is 2.31. The molecule has 2 aromatic rings. The molecule has 2 fully saturated rings. The zero-order valence-corrected chi connectivity index (χ0v) is 14.6. The highest BCUT2D eigenvalue weighted by atomic mass is 16.6. The van der Waals surface area contributed by atoms with Gasteiger partial charge in [0.2, 0.25) is 0 Å². The summed E-state index contributed by atoms with van der Waals surface area (Å²) in [5.41, 5.74) is 5.63. The van der Waals surface area contributed by atoms with Crippen LogP contribution in [0, 0.1) is 5.92 Å². The van der Waals surface area contributed by atoms with Crippen molar-refractivity contribution in [2.45, 2.75) is 19.3 Å². The van der Waals surface area contributed by atoms with E-state index in [-0.39, 0.29) is 0 Å². The van der Waals surface area contributed by atoms with Crippen molar-refractivity contribution in [3.63, 3.8) is 0 Å². The Morgan fingerprint density at radius 2 is 2.04 bits per heavy atom. The number of hydrogen-bond donors (Lipinski definition) is 1. The third kappa shape index (κ3) is 2.93. The van der Waals surface area contributed by atoms with E-state index in [0.29, 0.717) is 0 Å². The molecule has 0 spiro atoms. The van der Waals surface area contributed by atoms with E-state index in [4.69, 9.17) is 4.63 Å². The Balaban J connectivity index is 1.37. The van der Waals surface area contributed by atoms with Crippen molar-refractivity contribution in [1.29, 1.82) is 0 Å². The van der Waals surface area contributed by atoms with Crippen LogP contribution in [0.3, 0.4) is 0 Å². The van der Waals surface area contributed by atoms with Crippen LogP contribution in [-0.4, -0.2) is 61.0 Å². The fourth-order valence-corrected chi connectivity index (χ4v) is 4.40. The van der Waals surface area contributed by atoms with E-state index < -0.39 is 0 Å². The summed E-state index contributed by atoms with van der Waals surface area (Å²) in [5.74, 6) is 0.773. The Morgan fingerprint density at radius 1 is 1.16 bits per heavy atom. The van der Waals surface area contributed by atoms with Gasteiger partial charge in [-0.15, -0.1) is 0 Å². The van der Waals surface area contributed by atoms with E-state index in [9.17, 15) is 0 Å². The summed E-state index contributed by atoms with van der Waals surface area (Å²) in [7, 11) is 0. The first-order valence-electron chi connectivity index (χ1n) is 9.50. The molecule has 1 aromatic carbocycles. The number of likely N-dealkylation sites (tertiary alicyclic amines) is 1. The number of aromatic nitrogens is 2. The van der Waals surface area contributed by atoms with Crippen LogP contribution in [0.1, 0.15) is 24.8 Å². The molecule has 3 aliphatic rings. The maximum absolute atomic E-state index is 5.03. The van der Waals surface area contributed by atoms with Crippen molar-refractivity contribution < 1.29 is 4.63 Å². The van der Waals surface area contributed by atoms with Gasteiger partial charge in [0.15, 0.2) is 5.52 Å². The summed E-state index contributed by atoms with van der Waals surface area (Å²) >= 11 is 0. The van der Waals surface area contributed by atoms with E-state index in [1.165, 1.54) is 49.3 Å². The van der Waals surface area contributed by atoms with Crippen LogP contribution in [0.25, 0.3) is 16.6 Å². The predicted molar refractivity (Wildman–Crippen MR) is 98.6 cm³/mol. The van der Waals surface area contributed by atoms with E-state index >= 15 is 0 Å². The molecule has 6 heteroatoms. The number of anilines is 1. The summed E-state index contributed by atoms with van der Waals surface area (Å²) in [6.45, 7) is 8.02.